The first-order valence-corrected chi connectivity index (χ1v) is 34.5. The van der Waals surface area contributed by atoms with Crippen LogP contribution in [0.1, 0.15) is 48.5 Å². The van der Waals surface area contributed by atoms with E-state index in [2.05, 4.69) is 21.1 Å². The molecular weight excluding hydrogens is 1360 g/mol. The molecule has 27 atom stereocenters. The molecule has 0 radical (unpaired) electrons. The molecule has 5 heterocycles. The second-order valence-corrected chi connectivity index (χ2v) is 27.9. The number of rotatable bonds is 30. The van der Waals surface area contributed by atoms with E-state index in [4.69, 9.17) is 65.4 Å². The van der Waals surface area contributed by atoms with E-state index in [0.29, 0.717) is 0 Å². The molecule has 15 unspecified atom stereocenters. The van der Waals surface area contributed by atoms with E-state index in [1.54, 1.807) is 13.8 Å². The number of carboxylic acids is 1. The maximum absolute atomic E-state index is 13.1. The number of aliphatic carboxylic acids is 1. The van der Waals surface area contributed by atoms with Gasteiger partial charge in [-0.3, -0.25) is 36.7 Å². The van der Waals surface area contributed by atoms with Crippen molar-refractivity contribution >= 4 is 86.2 Å². The molecule has 49 heteroatoms. The molecule has 5 aliphatic heterocycles. The highest BCUT2D eigenvalue weighted by atomic mass is 32.3. The van der Waals surface area contributed by atoms with Crippen molar-refractivity contribution in [1.82, 2.24) is 0 Å². The highest BCUT2D eigenvalue weighted by Gasteiger charge is 2.75. The lowest BCUT2D eigenvalue weighted by Gasteiger charge is -2.50. The third-order valence-corrected chi connectivity index (χ3v) is 18.3. The second kappa shape index (κ2) is 28.8. The van der Waals surface area contributed by atoms with Crippen LogP contribution in [-0.2, 0) is 170 Å². The highest BCUT2D eigenvalue weighted by molar-refractivity contribution is 7.82. The number of methoxy groups -OCH3 is 1. The van der Waals surface area contributed by atoms with Crippen LogP contribution in [0, 0.1) is 41.4 Å². The number of ether oxygens (including phenoxy) is 11. The summed E-state index contributed by atoms with van der Waals surface area (Å²) in [6.07, 6.45) is -36.7. The van der Waals surface area contributed by atoms with Gasteiger partial charge < -0.3 is 57.2 Å². The maximum atomic E-state index is 13.1. The van der Waals surface area contributed by atoms with Crippen LogP contribution in [-0.4, -0.2) is 247 Å². The summed E-state index contributed by atoms with van der Waals surface area (Å²) in [5.74, 6) is -9.18. The van der Waals surface area contributed by atoms with Crippen molar-refractivity contribution in [2.24, 2.45) is 41.4 Å². The summed E-state index contributed by atoms with van der Waals surface area (Å²) in [5, 5.41) is 10.6. The maximum Gasteiger partial charge on any atom is 0.397 e. The summed E-state index contributed by atoms with van der Waals surface area (Å²) < 4.78 is 322. The monoisotopic (exact) mass is 1430 g/mol. The Morgan fingerprint density at radius 1 is 0.500 bits per heavy atom. The fourth-order valence-corrected chi connectivity index (χ4v) is 14.1. The summed E-state index contributed by atoms with van der Waals surface area (Å²) >= 11 is -3.27. The van der Waals surface area contributed by atoms with Crippen molar-refractivity contribution in [1.29, 1.82) is 0 Å². The van der Waals surface area contributed by atoms with Gasteiger partial charge >= 0.3 is 79.7 Å². The SMILES string of the molecule is CO[C@@H]1C(COS(=O)(=O)O)O[C@H](O[C@@H]2C(C(=O)O)O[C@H](O[C@H]3C(COOS(=O)O)O[C@@H](OC4(C)[C@@H]5C(OC=O)O[C@H](O[C@@H]6C(COS(=O)(=O)O)O[C@H](C)C(OS(=O)(=O)O)C6OS(=O)(=O)O)C(C)[C@H]54)C(OS(=O)(=O)O)[C@H]3OS(=O)(=O)O)C(C)C2C)C(C)C1C. The van der Waals surface area contributed by atoms with Crippen LogP contribution in [0.3, 0.4) is 0 Å². The van der Waals surface area contributed by atoms with Crippen LogP contribution in [0.5, 0.6) is 0 Å². The average Bonchev–Trinajstić information content (AvgIpc) is 1.52. The normalized spacial score (nSPS) is 41.6. The zero-order chi connectivity index (χ0) is 66.4. The zero-order valence-electron chi connectivity index (χ0n) is 46.4. The van der Waals surface area contributed by atoms with E-state index < -0.39 is 257 Å². The molecule has 0 aromatic heterocycles. The van der Waals surface area contributed by atoms with Gasteiger partial charge in [0.1, 0.15) is 61.5 Å². The molecule has 5 saturated heterocycles. The molecule has 6 aliphatic rings. The van der Waals surface area contributed by atoms with Gasteiger partial charge in [0, 0.05) is 30.8 Å². The molecule has 1 aliphatic carbocycles. The number of hydrogen-bond donors (Lipinski definition) is 8. The van der Waals surface area contributed by atoms with Crippen LogP contribution in [0.4, 0.5) is 0 Å². The van der Waals surface area contributed by atoms with Gasteiger partial charge in [0.15, 0.2) is 37.4 Å². The van der Waals surface area contributed by atoms with E-state index >= 15 is 0 Å². The fourth-order valence-electron chi connectivity index (χ4n) is 11.3. The van der Waals surface area contributed by atoms with Gasteiger partial charge in [-0.1, -0.05) is 34.6 Å². The third kappa shape index (κ3) is 19.5. The first kappa shape index (κ1) is 74.8. The molecule has 0 aromatic rings. The molecule has 6 fully saturated rings. The van der Waals surface area contributed by atoms with Crippen LogP contribution >= 0.6 is 0 Å². The Morgan fingerprint density at radius 2 is 0.920 bits per heavy atom. The van der Waals surface area contributed by atoms with Gasteiger partial charge in [0.2, 0.25) is 6.29 Å². The molecule has 88 heavy (non-hydrogen) atoms. The topological polar surface area (TPSA) is 593 Å². The summed E-state index contributed by atoms with van der Waals surface area (Å²) in [4.78, 5) is 29.9. The minimum atomic E-state index is -5.94. The lowest BCUT2D eigenvalue weighted by Crippen LogP contribution is -2.65. The molecule has 8 N–H and O–H groups in total. The molecule has 0 spiro atoms. The molecular formula is C39H64O42S7. The van der Waals surface area contributed by atoms with Crippen molar-refractivity contribution in [3.8, 4) is 0 Å². The molecule has 6 rings (SSSR count). The van der Waals surface area contributed by atoms with Gasteiger partial charge in [-0.05, 0) is 25.7 Å². The van der Waals surface area contributed by atoms with Crippen molar-refractivity contribution in [2.75, 3.05) is 26.9 Å². The Morgan fingerprint density at radius 3 is 1.39 bits per heavy atom. The first-order valence-electron chi connectivity index (χ1n) is 25.3. The quantitative estimate of drug-likeness (QED) is 0.0115. The Balaban J connectivity index is 1.36. The smallest absolute Gasteiger partial charge is 0.397 e. The average molecular weight is 1430 g/mol. The number of carbonyl (C=O) groups excluding carboxylic acids is 1. The highest BCUT2D eigenvalue weighted by Crippen LogP contribution is 2.64. The van der Waals surface area contributed by atoms with Crippen LogP contribution < -0.4 is 0 Å². The molecule has 0 amide bonds. The van der Waals surface area contributed by atoms with E-state index in [1.165, 1.54) is 27.9 Å². The number of hydrogen-bond acceptors (Lipinski definition) is 34. The second-order valence-electron chi connectivity index (χ2n) is 20.9. The van der Waals surface area contributed by atoms with Crippen LogP contribution in [0.15, 0.2) is 0 Å². The lowest BCUT2D eigenvalue weighted by molar-refractivity contribution is -0.366. The molecule has 1 saturated carbocycles. The zero-order valence-corrected chi connectivity index (χ0v) is 52.2. The van der Waals surface area contributed by atoms with Crippen molar-refractivity contribution in [3.63, 3.8) is 0 Å². The molecule has 514 valence electrons. The van der Waals surface area contributed by atoms with E-state index in [0.717, 1.165) is 13.8 Å². The van der Waals surface area contributed by atoms with E-state index in [9.17, 15) is 101 Å². The van der Waals surface area contributed by atoms with Gasteiger partial charge in [-0.2, -0.15) is 54.7 Å². The predicted molar refractivity (Wildman–Crippen MR) is 270 cm³/mol. The Bertz CT molecular complexity index is 3150. The van der Waals surface area contributed by atoms with Crippen molar-refractivity contribution in [3.05, 3.63) is 0 Å². The van der Waals surface area contributed by atoms with Gasteiger partial charge in [-0.15, -0.1) is 4.33 Å². The number of carboxylic acid groups (broad SMARTS) is 1. The van der Waals surface area contributed by atoms with Crippen LogP contribution in [0.2, 0.25) is 0 Å². The van der Waals surface area contributed by atoms with Gasteiger partial charge in [0.05, 0.1) is 36.9 Å². The Kier molecular flexibility index (Phi) is 24.5. The fraction of sp³-hybridized carbons (Fsp3) is 0.949. The van der Waals surface area contributed by atoms with E-state index in [-0.39, 0.29) is 6.47 Å². The first-order chi connectivity index (χ1) is 40.3. The van der Waals surface area contributed by atoms with Gasteiger partial charge in [-0.25, -0.2) is 34.8 Å². The van der Waals surface area contributed by atoms with Crippen LogP contribution in [0.25, 0.3) is 0 Å². The summed E-state index contributed by atoms with van der Waals surface area (Å²) in [5.41, 5.74) is -2.08. The summed E-state index contributed by atoms with van der Waals surface area (Å²) in [7, 11) is -32.3. The number of fused-ring (bicyclic) bond motifs is 1. The molecule has 0 aromatic carbocycles. The van der Waals surface area contributed by atoms with Crippen molar-refractivity contribution < 1.29 is 188 Å². The Labute approximate surface area is 504 Å². The minimum Gasteiger partial charge on any atom is -0.479 e. The third-order valence-electron chi connectivity index (χ3n) is 15.4. The molecule has 0 bridgehead atoms. The van der Waals surface area contributed by atoms with Gasteiger partial charge in [0.25, 0.3) is 6.47 Å². The molecule has 42 nitrogen and oxygen atoms in total. The van der Waals surface area contributed by atoms with E-state index in [1.807, 2.05) is 0 Å². The predicted octanol–water partition coefficient (Wildman–Crippen LogP) is -3.26. The lowest BCUT2D eigenvalue weighted by atomic mass is 9.82. The Hall–Kier alpha value is -2.21. The largest absolute Gasteiger partial charge is 0.479 e. The number of carbonyl (C=O) groups is 2. The summed E-state index contributed by atoms with van der Waals surface area (Å²) in [6, 6.07) is 0. The minimum absolute atomic E-state index is 0.207. The summed E-state index contributed by atoms with van der Waals surface area (Å²) in [6.45, 7) is 5.85. The standard InChI is InChI=1S/C39H64O42S7/c1-13-15(3)34(69-20(24(13)63-8)10-66-83(45,46)47)71-25-14(2)16(4)35(74-31(25)33(41)42)72-27-19(9-65-81-82(43)44)70-38(32(80-88(60,61)62)30(27)79-87(57,58)59)76-39(7)22-17(5)36(75-37(23(22)39)64-12-40)73-28-21(11-67-84(48,49)50)68-18(6)26(77-85(51,52)53)29(28)78-86(54,55)56/h12-32,34-38H,9-11H2,1-8H3,(H,41,42)(H,43,44)(H,45,46,47)(H,48,49,50)(H,51,52,53)(H,54,55,56)(H,57,58,59)(H,60,61,62)/t13?,14?,15?,16?,17?,18-,19?,20?,21?,22-,23+,24+,25+,26?,27+,28-,29?,30+,31?,32?,34-,35+,36+,37?,38+,39?/m1/s1. The van der Waals surface area contributed by atoms with Crippen molar-refractivity contribution in [2.45, 2.75) is 165 Å².